The van der Waals surface area contributed by atoms with Crippen molar-refractivity contribution in [2.24, 2.45) is 11.8 Å². The van der Waals surface area contributed by atoms with E-state index in [1.807, 2.05) is 19.2 Å². The molecule has 0 aromatic carbocycles. The summed E-state index contributed by atoms with van der Waals surface area (Å²) in [6.45, 7) is 3.06. The number of nitrogens with one attached hydrogen (secondary N) is 1. The Morgan fingerprint density at radius 3 is 2.88 bits per heavy atom. The predicted molar refractivity (Wildman–Crippen MR) is 68.0 cm³/mol. The van der Waals surface area contributed by atoms with Crippen molar-refractivity contribution >= 4 is 11.7 Å². The molecule has 2 atom stereocenters. The number of amides is 1. The summed E-state index contributed by atoms with van der Waals surface area (Å²) in [5, 5.41) is 2.94. The molecule has 1 aromatic rings. The van der Waals surface area contributed by atoms with Crippen molar-refractivity contribution in [2.75, 3.05) is 26.0 Å². The summed E-state index contributed by atoms with van der Waals surface area (Å²) in [5.41, 5.74) is 0.507. The first-order chi connectivity index (χ1) is 8.11. The molecule has 1 aliphatic rings. The van der Waals surface area contributed by atoms with Crippen molar-refractivity contribution in [3.05, 3.63) is 23.9 Å². The third-order valence-corrected chi connectivity index (χ3v) is 3.36. The topological polar surface area (TPSA) is 45.2 Å². The van der Waals surface area contributed by atoms with Crippen molar-refractivity contribution < 1.29 is 4.79 Å². The molecule has 1 saturated carbocycles. The molecule has 4 heteroatoms. The lowest BCUT2D eigenvalue weighted by Gasteiger charge is -2.16. The van der Waals surface area contributed by atoms with Gasteiger partial charge in [0.05, 0.1) is 0 Å². The highest BCUT2D eigenvalue weighted by molar-refractivity contribution is 5.92. The van der Waals surface area contributed by atoms with Crippen molar-refractivity contribution in [3.63, 3.8) is 0 Å². The van der Waals surface area contributed by atoms with Crippen LogP contribution in [0.25, 0.3) is 0 Å². The first-order valence-corrected chi connectivity index (χ1v) is 6.02. The zero-order chi connectivity index (χ0) is 12.4. The molecule has 1 N–H and O–H groups in total. The first-order valence-electron chi connectivity index (χ1n) is 6.02. The molecule has 92 valence electrons. The number of rotatable bonds is 4. The lowest BCUT2D eigenvalue weighted by Crippen LogP contribution is -2.29. The average molecular weight is 233 g/mol. The number of anilines is 1. The summed E-state index contributed by atoms with van der Waals surface area (Å²) in [5.74, 6) is 2.17. The maximum Gasteiger partial charge on any atom is 0.272 e. The minimum atomic E-state index is 0.00111. The van der Waals surface area contributed by atoms with Gasteiger partial charge in [0.15, 0.2) is 0 Å². The molecule has 0 spiro atoms. The Balaban J connectivity index is 2.02. The van der Waals surface area contributed by atoms with Gasteiger partial charge in [-0.25, -0.2) is 4.98 Å². The van der Waals surface area contributed by atoms with Gasteiger partial charge in [-0.2, -0.15) is 0 Å². The number of aromatic nitrogens is 1. The summed E-state index contributed by atoms with van der Waals surface area (Å²) in [7, 11) is 3.65. The van der Waals surface area contributed by atoms with Gasteiger partial charge >= 0.3 is 0 Å². The van der Waals surface area contributed by atoms with Gasteiger partial charge in [0.25, 0.3) is 5.91 Å². The van der Waals surface area contributed by atoms with Crippen molar-refractivity contribution in [3.8, 4) is 0 Å². The summed E-state index contributed by atoms with van der Waals surface area (Å²) < 4.78 is 0. The normalized spacial score (nSPS) is 22.1. The molecule has 17 heavy (non-hydrogen) atoms. The third-order valence-electron chi connectivity index (χ3n) is 3.36. The smallest absolute Gasteiger partial charge is 0.272 e. The maximum absolute atomic E-state index is 12.1. The van der Waals surface area contributed by atoms with Gasteiger partial charge in [-0.1, -0.05) is 13.0 Å². The van der Waals surface area contributed by atoms with E-state index in [0.29, 0.717) is 11.6 Å². The summed E-state index contributed by atoms with van der Waals surface area (Å²) in [6, 6.07) is 5.45. The number of nitrogens with zero attached hydrogens (tertiary/aromatic N) is 2. The van der Waals surface area contributed by atoms with Crippen LogP contribution in [0.15, 0.2) is 18.2 Å². The Morgan fingerprint density at radius 2 is 2.29 bits per heavy atom. The van der Waals surface area contributed by atoms with Gasteiger partial charge in [-0.15, -0.1) is 0 Å². The molecule has 1 aromatic heterocycles. The highest BCUT2D eigenvalue weighted by Gasteiger charge is 2.34. The van der Waals surface area contributed by atoms with Crippen LogP contribution in [-0.4, -0.2) is 36.4 Å². The molecule has 2 unspecified atom stereocenters. The van der Waals surface area contributed by atoms with Crippen LogP contribution in [0.2, 0.25) is 0 Å². The quantitative estimate of drug-likeness (QED) is 0.863. The highest BCUT2D eigenvalue weighted by atomic mass is 16.2. The van der Waals surface area contributed by atoms with E-state index in [2.05, 4.69) is 17.2 Å². The number of pyridine rings is 1. The number of hydrogen-bond acceptors (Lipinski definition) is 3. The average Bonchev–Trinajstić information content (AvgIpc) is 3.04. The van der Waals surface area contributed by atoms with E-state index in [1.165, 1.54) is 6.42 Å². The molecule has 0 aliphatic heterocycles. The fraction of sp³-hybridized carbons (Fsp3) is 0.538. The predicted octanol–water partition coefficient (Wildman–Crippen LogP) is 1.85. The largest absolute Gasteiger partial charge is 0.373 e. The third kappa shape index (κ3) is 2.75. The summed E-state index contributed by atoms with van der Waals surface area (Å²) in [4.78, 5) is 18.1. The van der Waals surface area contributed by atoms with E-state index in [4.69, 9.17) is 0 Å². The molecule has 1 heterocycles. The highest BCUT2D eigenvalue weighted by Crippen LogP contribution is 2.38. The SMILES string of the molecule is CNc1cccc(C(=O)N(C)CC2CC2C)n1. The molecular formula is C13H19N3O. The van der Waals surface area contributed by atoms with Crippen LogP contribution in [0, 0.1) is 11.8 Å². The van der Waals surface area contributed by atoms with E-state index in [9.17, 15) is 4.79 Å². The van der Waals surface area contributed by atoms with Crippen LogP contribution in [0.4, 0.5) is 5.82 Å². The van der Waals surface area contributed by atoms with Crippen molar-refractivity contribution in [1.29, 1.82) is 0 Å². The van der Waals surface area contributed by atoms with Gasteiger partial charge in [0.1, 0.15) is 11.5 Å². The minimum absolute atomic E-state index is 0.00111. The lowest BCUT2D eigenvalue weighted by molar-refractivity contribution is 0.0781. The second-order valence-corrected chi connectivity index (χ2v) is 4.82. The maximum atomic E-state index is 12.1. The molecule has 1 aliphatic carbocycles. The molecule has 1 fully saturated rings. The Kier molecular flexibility index (Phi) is 3.31. The van der Waals surface area contributed by atoms with E-state index < -0.39 is 0 Å². The zero-order valence-corrected chi connectivity index (χ0v) is 10.6. The molecule has 0 radical (unpaired) electrons. The van der Waals surface area contributed by atoms with Gasteiger partial charge < -0.3 is 10.2 Å². The van der Waals surface area contributed by atoms with Crippen LogP contribution < -0.4 is 5.32 Å². The molecule has 4 nitrogen and oxygen atoms in total. The number of hydrogen-bond donors (Lipinski definition) is 1. The van der Waals surface area contributed by atoms with Gasteiger partial charge in [-0.05, 0) is 30.4 Å². The minimum Gasteiger partial charge on any atom is -0.373 e. The fourth-order valence-electron chi connectivity index (χ4n) is 1.98. The monoisotopic (exact) mass is 233 g/mol. The standard InChI is InChI=1S/C13H19N3O/c1-9-7-10(9)8-16(3)13(17)11-5-4-6-12(14-2)15-11/h4-6,9-10H,7-8H2,1-3H3,(H,14,15). The lowest BCUT2D eigenvalue weighted by atomic mass is 10.2. The summed E-state index contributed by atoms with van der Waals surface area (Å²) >= 11 is 0. The van der Waals surface area contributed by atoms with Crippen LogP contribution in [0.1, 0.15) is 23.8 Å². The molecule has 2 rings (SSSR count). The van der Waals surface area contributed by atoms with E-state index >= 15 is 0 Å². The van der Waals surface area contributed by atoms with E-state index in [1.54, 1.807) is 18.0 Å². The van der Waals surface area contributed by atoms with Crippen LogP contribution in [-0.2, 0) is 0 Å². The van der Waals surface area contributed by atoms with Crippen LogP contribution in [0.5, 0.6) is 0 Å². The van der Waals surface area contributed by atoms with Crippen molar-refractivity contribution in [2.45, 2.75) is 13.3 Å². The summed E-state index contributed by atoms with van der Waals surface area (Å²) in [6.07, 6.45) is 1.24. The van der Waals surface area contributed by atoms with E-state index in [-0.39, 0.29) is 5.91 Å². The van der Waals surface area contributed by atoms with Gasteiger partial charge in [0, 0.05) is 20.6 Å². The number of carbonyl (C=O) groups excluding carboxylic acids is 1. The van der Waals surface area contributed by atoms with E-state index in [0.717, 1.165) is 18.3 Å². The van der Waals surface area contributed by atoms with Crippen LogP contribution in [0.3, 0.4) is 0 Å². The van der Waals surface area contributed by atoms with Crippen LogP contribution >= 0.6 is 0 Å². The molecule has 0 bridgehead atoms. The van der Waals surface area contributed by atoms with Gasteiger partial charge in [0.2, 0.25) is 0 Å². The molecule has 1 amide bonds. The Labute approximate surface area is 102 Å². The van der Waals surface area contributed by atoms with Gasteiger partial charge in [-0.3, -0.25) is 4.79 Å². The molecular weight excluding hydrogens is 214 g/mol. The van der Waals surface area contributed by atoms with Crippen molar-refractivity contribution in [1.82, 2.24) is 9.88 Å². The number of carbonyl (C=O) groups is 1. The fourth-order valence-corrected chi connectivity index (χ4v) is 1.98. The second-order valence-electron chi connectivity index (χ2n) is 4.82. The Bertz CT molecular complexity index is 419. The Morgan fingerprint density at radius 1 is 1.59 bits per heavy atom. The first kappa shape index (κ1) is 11.9. The molecule has 0 saturated heterocycles. The second kappa shape index (κ2) is 4.73. The zero-order valence-electron chi connectivity index (χ0n) is 10.6. The Hall–Kier alpha value is -1.58.